The van der Waals surface area contributed by atoms with E-state index in [0.717, 1.165) is 38.9 Å². The van der Waals surface area contributed by atoms with Crippen LogP contribution in [0.4, 0.5) is 23.7 Å². The minimum Gasteiger partial charge on any atom is -0.351 e. The van der Waals surface area contributed by atoms with Crippen molar-refractivity contribution in [1.29, 1.82) is 0 Å². The first-order chi connectivity index (χ1) is 15.2. The van der Waals surface area contributed by atoms with E-state index in [0.29, 0.717) is 5.56 Å². The number of benzene rings is 3. The molecule has 2 N–H and O–H groups in total. The number of pyridine rings is 1. The van der Waals surface area contributed by atoms with Gasteiger partial charge in [0.2, 0.25) is 0 Å². The maximum absolute atomic E-state index is 13.3. The number of alkyl halides is 3. The number of primary amides is 1. The summed E-state index contributed by atoms with van der Waals surface area (Å²) in [5, 5.41) is 1.55. The Bertz CT molecular complexity index is 1300. The topological polar surface area (TPSA) is 59.2 Å². The molecule has 0 fully saturated rings. The number of nitrogens with zero attached hydrogens (tertiary/aromatic N) is 2. The molecular weight excluding hydrogens is 439 g/mol. The number of fused-ring (bicyclic) bond motifs is 1. The molecule has 0 radical (unpaired) electrons. The number of anilines is 1. The van der Waals surface area contributed by atoms with Crippen molar-refractivity contribution < 1.29 is 18.0 Å². The second-order valence-electron chi connectivity index (χ2n) is 7.19. The van der Waals surface area contributed by atoms with E-state index in [-0.39, 0.29) is 12.2 Å². The van der Waals surface area contributed by atoms with Crippen molar-refractivity contribution in [1.82, 2.24) is 4.98 Å². The van der Waals surface area contributed by atoms with Crippen LogP contribution in [0.5, 0.6) is 0 Å². The quantitative estimate of drug-likeness (QED) is 0.374. The van der Waals surface area contributed by atoms with Gasteiger partial charge in [-0.3, -0.25) is 9.88 Å². The van der Waals surface area contributed by atoms with Crippen LogP contribution < -0.4 is 10.6 Å². The number of carbonyl (C=O) groups is 1. The largest absolute Gasteiger partial charge is 0.417 e. The van der Waals surface area contributed by atoms with E-state index in [2.05, 4.69) is 4.98 Å². The average molecular weight is 456 g/mol. The third kappa shape index (κ3) is 4.38. The minimum atomic E-state index is -4.66. The van der Waals surface area contributed by atoms with Gasteiger partial charge in [0.25, 0.3) is 0 Å². The van der Waals surface area contributed by atoms with Crippen molar-refractivity contribution in [3.63, 3.8) is 0 Å². The monoisotopic (exact) mass is 455 g/mol. The van der Waals surface area contributed by atoms with Crippen molar-refractivity contribution >= 4 is 34.1 Å². The average Bonchev–Trinajstić information content (AvgIpc) is 2.77. The van der Waals surface area contributed by atoms with Crippen molar-refractivity contribution in [2.45, 2.75) is 12.7 Å². The molecule has 1 aromatic heterocycles. The summed E-state index contributed by atoms with van der Waals surface area (Å²) in [7, 11) is 0. The van der Waals surface area contributed by atoms with E-state index >= 15 is 0 Å². The molecule has 4 rings (SSSR count). The molecule has 162 valence electrons. The Labute approximate surface area is 187 Å². The zero-order valence-electron chi connectivity index (χ0n) is 16.6. The number of urea groups is 1. The smallest absolute Gasteiger partial charge is 0.351 e. The molecule has 1 heterocycles. The summed E-state index contributed by atoms with van der Waals surface area (Å²) in [6, 6.07) is 17.6. The summed E-state index contributed by atoms with van der Waals surface area (Å²) >= 11 is 5.70. The minimum absolute atomic E-state index is 0.00598. The highest BCUT2D eigenvalue weighted by Crippen LogP contribution is 2.37. The van der Waals surface area contributed by atoms with Gasteiger partial charge in [-0.15, -0.1) is 0 Å². The van der Waals surface area contributed by atoms with Gasteiger partial charge in [0.15, 0.2) is 0 Å². The number of hydrogen-bond acceptors (Lipinski definition) is 2. The van der Waals surface area contributed by atoms with Gasteiger partial charge < -0.3 is 5.73 Å². The third-order valence-electron chi connectivity index (χ3n) is 5.08. The van der Waals surface area contributed by atoms with Crippen LogP contribution >= 0.6 is 11.6 Å². The number of nitrogens with two attached hydrogens (primary N) is 1. The first kappa shape index (κ1) is 21.6. The van der Waals surface area contributed by atoms with Crippen LogP contribution in [0.1, 0.15) is 11.1 Å². The molecule has 0 atom stereocenters. The van der Waals surface area contributed by atoms with Crippen LogP contribution in [0.25, 0.3) is 21.9 Å². The Hall–Kier alpha value is -3.58. The molecule has 0 unspecified atom stereocenters. The molecule has 3 aromatic carbocycles. The van der Waals surface area contributed by atoms with Gasteiger partial charge in [-0.25, -0.2) is 4.79 Å². The van der Waals surface area contributed by atoms with Gasteiger partial charge in [0, 0.05) is 29.0 Å². The molecule has 0 saturated carbocycles. The second kappa shape index (κ2) is 8.51. The zero-order chi connectivity index (χ0) is 22.9. The van der Waals surface area contributed by atoms with E-state index in [9.17, 15) is 18.0 Å². The molecule has 0 saturated heterocycles. The first-order valence-electron chi connectivity index (χ1n) is 9.60. The number of halogens is 4. The van der Waals surface area contributed by atoms with Crippen molar-refractivity contribution in [3.8, 4) is 11.1 Å². The number of hydrogen-bond donors (Lipinski definition) is 1. The summed E-state index contributed by atoms with van der Waals surface area (Å²) in [5.74, 6) is 0. The van der Waals surface area contributed by atoms with Crippen LogP contribution in [0.3, 0.4) is 0 Å². The molecule has 0 aliphatic rings. The van der Waals surface area contributed by atoms with Gasteiger partial charge in [-0.1, -0.05) is 54.1 Å². The highest BCUT2D eigenvalue weighted by Gasteiger charge is 2.34. The van der Waals surface area contributed by atoms with E-state index in [1.54, 1.807) is 18.5 Å². The number of carbonyl (C=O) groups excluding carboxylic acids is 1. The fourth-order valence-corrected chi connectivity index (χ4v) is 3.79. The van der Waals surface area contributed by atoms with Gasteiger partial charge in [-0.05, 0) is 40.8 Å². The molecule has 2 amide bonds. The zero-order valence-corrected chi connectivity index (χ0v) is 17.4. The van der Waals surface area contributed by atoms with Gasteiger partial charge in [-0.2, -0.15) is 13.2 Å². The van der Waals surface area contributed by atoms with Crippen molar-refractivity contribution in [2.24, 2.45) is 5.73 Å². The Balaban J connectivity index is 1.71. The number of aromatic nitrogens is 1. The molecule has 0 aliphatic heterocycles. The number of rotatable bonds is 4. The third-order valence-corrected chi connectivity index (χ3v) is 5.41. The van der Waals surface area contributed by atoms with Crippen molar-refractivity contribution in [3.05, 3.63) is 95.3 Å². The van der Waals surface area contributed by atoms with Gasteiger partial charge >= 0.3 is 12.2 Å². The van der Waals surface area contributed by atoms with Crippen molar-refractivity contribution in [2.75, 3.05) is 4.90 Å². The lowest BCUT2D eigenvalue weighted by Crippen LogP contribution is -2.35. The molecule has 0 spiro atoms. The summed E-state index contributed by atoms with van der Waals surface area (Å²) in [6.45, 7) is -0.0136. The normalized spacial score (nSPS) is 11.5. The highest BCUT2D eigenvalue weighted by atomic mass is 35.5. The molecule has 8 heteroatoms. The standard InChI is InChI=1S/C24H17ClF3N3O/c25-22-9-8-18(11-21(22)24(26,27)28)31(23(29)32)14-15-4-3-6-16(10-15)20-13-30-12-17-5-1-2-7-19(17)20/h1-13H,14H2,(H2,29,32). The molecule has 32 heavy (non-hydrogen) atoms. The Morgan fingerprint density at radius 3 is 2.53 bits per heavy atom. The van der Waals surface area contributed by atoms with Crippen LogP contribution in [-0.2, 0) is 12.7 Å². The maximum atomic E-state index is 13.3. The summed E-state index contributed by atoms with van der Waals surface area (Å²) in [5.41, 5.74) is 6.94. The van der Waals surface area contributed by atoms with Crippen LogP contribution in [0.15, 0.2) is 79.1 Å². The number of amides is 2. The summed E-state index contributed by atoms with van der Waals surface area (Å²) < 4.78 is 39.8. The van der Waals surface area contributed by atoms with Crippen LogP contribution in [0, 0.1) is 0 Å². The Kier molecular flexibility index (Phi) is 5.76. The second-order valence-corrected chi connectivity index (χ2v) is 7.60. The van der Waals surface area contributed by atoms with Gasteiger partial charge in [0.1, 0.15) is 0 Å². The summed E-state index contributed by atoms with van der Waals surface area (Å²) in [4.78, 5) is 17.5. The molecule has 4 aromatic rings. The lowest BCUT2D eigenvalue weighted by atomic mass is 9.99. The van der Waals surface area contributed by atoms with E-state index in [1.165, 1.54) is 6.07 Å². The predicted octanol–water partition coefficient (Wildman–Crippen LogP) is 6.66. The fourth-order valence-electron chi connectivity index (χ4n) is 3.56. The van der Waals surface area contributed by atoms with E-state index in [4.69, 9.17) is 17.3 Å². The maximum Gasteiger partial charge on any atom is 0.417 e. The predicted molar refractivity (Wildman–Crippen MR) is 119 cm³/mol. The molecule has 0 aliphatic carbocycles. The lowest BCUT2D eigenvalue weighted by molar-refractivity contribution is -0.137. The van der Waals surface area contributed by atoms with Crippen LogP contribution in [-0.4, -0.2) is 11.0 Å². The summed E-state index contributed by atoms with van der Waals surface area (Å²) in [6.07, 6.45) is -1.13. The SMILES string of the molecule is NC(=O)N(Cc1cccc(-c2cncc3ccccc23)c1)c1ccc(Cl)c(C(F)(F)F)c1. The fraction of sp³-hybridized carbons (Fsp3) is 0.0833. The highest BCUT2D eigenvalue weighted by molar-refractivity contribution is 6.31. The lowest BCUT2D eigenvalue weighted by Gasteiger charge is -2.22. The Morgan fingerprint density at radius 2 is 1.78 bits per heavy atom. The molecule has 0 bridgehead atoms. The molecule has 4 nitrogen and oxygen atoms in total. The van der Waals surface area contributed by atoms with E-state index < -0.39 is 22.8 Å². The van der Waals surface area contributed by atoms with Crippen LogP contribution in [0.2, 0.25) is 5.02 Å². The van der Waals surface area contributed by atoms with Gasteiger partial charge in [0.05, 0.1) is 17.1 Å². The Morgan fingerprint density at radius 1 is 1.00 bits per heavy atom. The first-order valence-corrected chi connectivity index (χ1v) is 9.97. The van der Waals surface area contributed by atoms with E-state index in [1.807, 2.05) is 42.5 Å². The molecular formula is C24H17ClF3N3O.